The number of nitrogens with zero attached hydrogens (tertiary/aromatic N) is 2. The average molecular weight is 444 g/mol. The summed E-state index contributed by atoms with van der Waals surface area (Å²) in [6, 6.07) is 8.51. The maximum atomic E-state index is 13.0. The number of carbonyl (C=O) groups excluding carboxylic acids is 3. The second kappa shape index (κ2) is 11.3. The Hall–Kier alpha value is -3.40. The van der Waals surface area contributed by atoms with E-state index in [0.29, 0.717) is 30.3 Å². The molecular weight excluding hydrogens is 416 g/mol. The van der Waals surface area contributed by atoms with Gasteiger partial charge in [0, 0.05) is 32.1 Å². The Labute approximate surface area is 186 Å². The molecule has 1 aliphatic rings. The first-order valence-electron chi connectivity index (χ1n) is 10.5. The number of anilines is 2. The van der Waals surface area contributed by atoms with E-state index in [9.17, 15) is 14.4 Å². The molecule has 2 N–H and O–H groups in total. The summed E-state index contributed by atoms with van der Waals surface area (Å²) in [7, 11) is 1.49. The lowest BCUT2D eigenvalue weighted by Gasteiger charge is -2.24. The Kier molecular flexibility index (Phi) is 8.20. The molecule has 2 heterocycles. The molecule has 32 heavy (non-hydrogen) atoms. The van der Waals surface area contributed by atoms with Crippen molar-refractivity contribution in [1.82, 2.24) is 10.5 Å². The van der Waals surface area contributed by atoms with Crippen LogP contribution in [-0.4, -0.2) is 55.8 Å². The molecule has 0 aliphatic carbocycles. The van der Waals surface area contributed by atoms with Gasteiger partial charge in [-0.2, -0.15) is 0 Å². The van der Waals surface area contributed by atoms with Crippen LogP contribution in [-0.2, 0) is 19.1 Å². The maximum Gasteiger partial charge on any atom is 0.240 e. The number of methoxy groups -OCH3 is 1. The first-order chi connectivity index (χ1) is 15.5. The third kappa shape index (κ3) is 6.55. The van der Waals surface area contributed by atoms with Crippen LogP contribution in [0, 0.1) is 6.92 Å². The molecule has 0 saturated carbocycles. The zero-order chi connectivity index (χ0) is 22.9. The first kappa shape index (κ1) is 23.3. The third-order valence-corrected chi connectivity index (χ3v) is 4.99. The van der Waals surface area contributed by atoms with Crippen LogP contribution >= 0.6 is 0 Å². The molecule has 0 bridgehead atoms. The summed E-state index contributed by atoms with van der Waals surface area (Å²) >= 11 is 0. The van der Waals surface area contributed by atoms with E-state index in [1.54, 1.807) is 37.3 Å². The molecule has 1 aromatic carbocycles. The number of carbonyl (C=O) groups is 3. The summed E-state index contributed by atoms with van der Waals surface area (Å²) in [6.45, 7) is 2.60. The van der Waals surface area contributed by atoms with Gasteiger partial charge in [0.1, 0.15) is 18.1 Å². The number of aryl methyl sites for hydroxylation is 1. The number of para-hydroxylation sites is 2. The molecule has 0 spiro atoms. The summed E-state index contributed by atoms with van der Waals surface area (Å²) < 4.78 is 15.8. The molecule has 1 atom stereocenters. The van der Waals surface area contributed by atoms with Crippen molar-refractivity contribution >= 4 is 29.2 Å². The van der Waals surface area contributed by atoms with E-state index in [-0.39, 0.29) is 49.0 Å². The van der Waals surface area contributed by atoms with Gasteiger partial charge in [-0.3, -0.25) is 19.3 Å². The fraction of sp³-hybridized carbons (Fsp3) is 0.455. The maximum absolute atomic E-state index is 13.0. The van der Waals surface area contributed by atoms with Crippen molar-refractivity contribution in [3.05, 3.63) is 36.1 Å². The van der Waals surface area contributed by atoms with Gasteiger partial charge in [-0.15, -0.1) is 0 Å². The Balaban J connectivity index is 1.63. The van der Waals surface area contributed by atoms with Crippen LogP contribution in [0.2, 0.25) is 0 Å². The number of aromatic nitrogens is 1. The summed E-state index contributed by atoms with van der Waals surface area (Å²) in [5.74, 6) is 0.225. The van der Waals surface area contributed by atoms with E-state index in [0.717, 1.165) is 12.8 Å². The summed E-state index contributed by atoms with van der Waals surface area (Å²) in [5.41, 5.74) is 0.458. The average Bonchev–Trinajstić information content (AvgIpc) is 3.46. The van der Waals surface area contributed by atoms with Gasteiger partial charge in [0.2, 0.25) is 17.7 Å². The quantitative estimate of drug-likeness (QED) is 0.575. The molecule has 3 amide bonds. The second-order valence-corrected chi connectivity index (χ2v) is 7.46. The predicted molar refractivity (Wildman–Crippen MR) is 116 cm³/mol. The molecule has 1 saturated heterocycles. The minimum atomic E-state index is -0.381. The van der Waals surface area contributed by atoms with Gasteiger partial charge in [-0.05, 0) is 31.9 Å². The molecule has 2 aromatic rings. The van der Waals surface area contributed by atoms with Crippen molar-refractivity contribution in [3.8, 4) is 5.75 Å². The second-order valence-electron chi connectivity index (χ2n) is 7.46. The highest BCUT2D eigenvalue weighted by atomic mass is 16.5. The van der Waals surface area contributed by atoms with Crippen molar-refractivity contribution in [2.24, 2.45) is 0 Å². The number of nitrogens with one attached hydrogen (secondary N) is 2. The Bertz CT molecular complexity index is 938. The Morgan fingerprint density at radius 3 is 2.72 bits per heavy atom. The topological polar surface area (TPSA) is 123 Å². The van der Waals surface area contributed by atoms with Crippen molar-refractivity contribution in [3.63, 3.8) is 0 Å². The van der Waals surface area contributed by atoms with Gasteiger partial charge in [-0.1, -0.05) is 17.3 Å². The lowest BCUT2D eigenvalue weighted by atomic mass is 10.2. The summed E-state index contributed by atoms with van der Waals surface area (Å²) in [6.07, 6.45) is 1.70. The standard InChI is InChI=1S/C22H28N4O6/c1-15-12-19(25-32-15)24-20(27)9-10-22(29)26(17-7-3-4-8-18(17)30-2)14-21(28)23-13-16-6-5-11-31-16/h3-4,7-8,12,16H,5-6,9-11,13-14H2,1-2H3,(H,23,28)(H,24,25,27)/t16-/m1/s1. The highest BCUT2D eigenvalue weighted by Gasteiger charge is 2.24. The van der Waals surface area contributed by atoms with Crippen molar-refractivity contribution < 1.29 is 28.4 Å². The predicted octanol–water partition coefficient (Wildman–Crippen LogP) is 2.04. The van der Waals surface area contributed by atoms with Crippen molar-refractivity contribution in [1.29, 1.82) is 0 Å². The van der Waals surface area contributed by atoms with E-state index < -0.39 is 0 Å². The van der Waals surface area contributed by atoms with E-state index >= 15 is 0 Å². The Morgan fingerprint density at radius 2 is 2.03 bits per heavy atom. The van der Waals surface area contributed by atoms with Crippen molar-refractivity contribution in [2.45, 2.75) is 38.7 Å². The first-order valence-corrected chi connectivity index (χ1v) is 10.5. The van der Waals surface area contributed by atoms with Gasteiger partial charge < -0.3 is 24.6 Å². The number of hydrogen-bond donors (Lipinski definition) is 2. The third-order valence-electron chi connectivity index (χ3n) is 4.99. The number of ether oxygens (including phenoxy) is 2. The molecule has 10 heteroatoms. The number of hydrogen-bond acceptors (Lipinski definition) is 7. The lowest BCUT2D eigenvalue weighted by molar-refractivity contribution is -0.125. The zero-order valence-corrected chi connectivity index (χ0v) is 18.3. The molecular formula is C22H28N4O6. The molecule has 10 nitrogen and oxygen atoms in total. The largest absolute Gasteiger partial charge is 0.495 e. The van der Waals surface area contributed by atoms with E-state index in [1.165, 1.54) is 12.0 Å². The molecule has 1 aromatic heterocycles. The molecule has 172 valence electrons. The van der Waals surface area contributed by atoms with Crippen LogP contribution in [0.5, 0.6) is 5.75 Å². The number of amides is 3. The molecule has 0 unspecified atom stereocenters. The van der Waals surface area contributed by atoms with Gasteiger partial charge in [-0.25, -0.2) is 0 Å². The molecule has 1 fully saturated rings. The van der Waals surface area contributed by atoms with E-state index in [1.807, 2.05) is 0 Å². The minimum Gasteiger partial charge on any atom is -0.495 e. The van der Waals surface area contributed by atoms with Crippen LogP contribution in [0.15, 0.2) is 34.9 Å². The van der Waals surface area contributed by atoms with Gasteiger partial charge in [0.25, 0.3) is 0 Å². The monoisotopic (exact) mass is 444 g/mol. The fourth-order valence-corrected chi connectivity index (χ4v) is 3.38. The molecule has 3 rings (SSSR count). The smallest absolute Gasteiger partial charge is 0.240 e. The summed E-state index contributed by atoms with van der Waals surface area (Å²) in [5, 5.41) is 9.10. The van der Waals surface area contributed by atoms with Crippen LogP contribution < -0.4 is 20.3 Å². The number of benzene rings is 1. The van der Waals surface area contributed by atoms with Crippen LogP contribution in [0.3, 0.4) is 0 Å². The highest BCUT2D eigenvalue weighted by molar-refractivity contribution is 6.02. The Morgan fingerprint density at radius 1 is 1.22 bits per heavy atom. The molecule has 0 radical (unpaired) electrons. The van der Waals surface area contributed by atoms with Crippen molar-refractivity contribution in [2.75, 3.05) is 37.0 Å². The normalized spacial score (nSPS) is 15.2. The van der Waals surface area contributed by atoms with Gasteiger partial charge >= 0.3 is 0 Å². The highest BCUT2D eigenvalue weighted by Crippen LogP contribution is 2.28. The lowest BCUT2D eigenvalue weighted by Crippen LogP contribution is -2.43. The van der Waals surface area contributed by atoms with E-state index in [2.05, 4.69) is 15.8 Å². The van der Waals surface area contributed by atoms with Gasteiger partial charge in [0.15, 0.2) is 5.82 Å². The fourth-order valence-electron chi connectivity index (χ4n) is 3.38. The molecule has 1 aliphatic heterocycles. The number of rotatable bonds is 10. The van der Waals surface area contributed by atoms with Gasteiger partial charge in [0.05, 0.1) is 18.9 Å². The summed E-state index contributed by atoms with van der Waals surface area (Å²) in [4.78, 5) is 39.1. The SMILES string of the molecule is COc1ccccc1N(CC(=O)NC[C@H]1CCCO1)C(=O)CCC(=O)Nc1cc(C)on1. The van der Waals surface area contributed by atoms with Crippen LogP contribution in [0.25, 0.3) is 0 Å². The van der Waals surface area contributed by atoms with E-state index in [4.69, 9.17) is 14.0 Å². The van der Waals surface area contributed by atoms with Crippen LogP contribution in [0.4, 0.5) is 11.5 Å². The zero-order valence-electron chi connectivity index (χ0n) is 18.3. The minimum absolute atomic E-state index is 0.00164. The van der Waals surface area contributed by atoms with Crippen LogP contribution in [0.1, 0.15) is 31.4 Å².